The maximum atomic E-state index is 10.4. The fourth-order valence-electron chi connectivity index (χ4n) is 2.34. The Kier molecular flexibility index (Phi) is 4.19. The van der Waals surface area contributed by atoms with Gasteiger partial charge in [0.1, 0.15) is 5.75 Å². The minimum Gasteiger partial charge on any atom is -0.489 e. The Morgan fingerprint density at radius 1 is 1.44 bits per heavy atom. The fraction of sp³-hybridized carbons (Fsp3) is 0.643. The molecule has 2 heterocycles. The summed E-state index contributed by atoms with van der Waals surface area (Å²) in [5.74, 6) is 0.842. The number of aliphatic hydroxyl groups excluding tert-OH is 1. The van der Waals surface area contributed by atoms with Gasteiger partial charge in [-0.25, -0.2) is 0 Å². The van der Waals surface area contributed by atoms with Gasteiger partial charge >= 0.3 is 0 Å². The van der Waals surface area contributed by atoms with Gasteiger partial charge in [0, 0.05) is 24.3 Å². The number of hydrogen-bond acceptors (Lipinski definition) is 4. The highest BCUT2D eigenvalue weighted by molar-refractivity contribution is 5.26. The minimum absolute atomic E-state index is 0.0923. The molecule has 1 N–H and O–H groups in total. The largest absolute Gasteiger partial charge is 0.489 e. The van der Waals surface area contributed by atoms with Gasteiger partial charge in [-0.2, -0.15) is 0 Å². The van der Waals surface area contributed by atoms with Crippen LogP contribution < -0.4 is 4.74 Å². The zero-order valence-corrected chi connectivity index (χ0v) is 11.2. The molecule has 0 amide bonds. The van der Waals surface area contributed by atoms with Crippen LogP contribution in [0.3, 0.4) is 0 Å². The number of pyridine rings is 1. The summed E-state index contributed by atoms with van der Waals surface area (Å²) in [5, 5.41) is 10.4. The smallest absolute Gasteiger partial charge is 0.138 e. The summed E-state index contributed by atoms with van der Waals surface area (Å²) in [6, 6.07) is 1.86. The van der Waals surface area contributed by atoms with E-state index in [9.17, 15) is 5.11 Å². The van der Waals surface area contributed by atoms with Gasteiger partial charge in [-0.1, -0.05) is 0 Å². The summed E-state index contributed by atoms with van der Waals surface area (Å²) in [4.78, 5) is 4.13. The van der Waals surface area contributed by atoms with E-state index < -0.39 is 6.10 Å². The summed E-state index contributed by atoms with van der Waals surface area (Å²) in [6.07, 6.45) is 3.92. The number of ether oxygens (including phenoxy) is 2. The maximum absolute atomic E-state index is 10.4. The van der Waals surface area contributed by atoms with Crippen LogP contribution in [0.1, 0.15) is 38.9 Å². The summed E-state index contributed by atoms with van der Waals surface area (Å²) in [5.41, 5.74) is 0.801. The lowest BCUT2D eigenvalue weighted by Gasteiger charge is -2.21. The molecule has 4 heteroatoms. The van der Waals surface area contributed by atoms with Gasteiger partial charge in [0.25, 0.3) is 0 Å². The van der Waals surface area contributed by atoms with E-state index in [1.165, 1.54) is 0 Å². The molecular weight excluding hydrogens is 230 g/mol. The van der Waals surface area contributed by atoms with E-state index in [0.29, 0.717) is 5.75 Å². The number of aliphatic hydroxyl groups is 1. The highest BCUT2D eigenvalue weighted by Gasteiger charge is 2.31. The van der Waals surface area contributed by atoms with E-state index in [1.54, 1.807) is 12.4 Å². The standard InChI is InChI=1S/C14H21NO3/c1-9(2)18-12-6-11(7-15-8-12)14(16)13-4-5-17-10(13)3/h6-10,13-14,16H,4-5H2,1-3H3. The van der Waals surface area contributed by atoms with Crippen LogP contribution in [-0.4, -0.2) is 28.9 Å². The monoisotopic (exact) mass is 251 g/mol. The molecule has 0 bridgehead atoms. The van der Waals surface area contributed by atoms with Crippen molar-refractivity contribution in [1.82, 2.24) is 4.98 Å². The van der Waals surface area contributed by atoms with E-state index in [2.05, 4.69) is 4.98 Å². The predicted octanol–water partition coefficient (Wildman–Crippen LogP) is 2.33. The molecule has 1 aliphatic rings. The zero-order valence-electron chi connectivity index (χ0n) is 11.2. The number of rotatable bonds is 4. The van der Waals surface area contributed by atoms with Gasteiger partial charge in [0.05, 0.1) is 24.5 Å². The van der Waals surface area contributed by atoms with Crippen molar-refractivity contribution in [2.75, 3.05) is 6.61 Å². The van der Waals surface area contributed by atoms with Gasteiger partial charge in [-0.05, 0) is 33.3 Å². The lowest BCUT2D eigenvalue weighted by molar-refractivity contribution is 0.0428. The Balaban J connectivity index is 2.12. The molecule has 1 aromatic rings. The van der Waals surface area contributed by atoms with Crippen molar-refractivity contribution in [2.24, 2.45) is 5.92 Å². The van der Waals surface area contributed by atoms with E-state index in [4.69, 9.17) is 9.47 Å². The van der Waals surface area contributed by atoms with E-state index in [0.717, 1.165) is 18.6 Å². The van der Waals surface area contributed by atoms with Crippen LogP contribution in [0, 0.1) is 5.92 Å². The predicted molar refractivity (Wildman–Crippen MR) is 68.5 cm³/mol. The van der Waals surface area contributed by atoms with Gasteiger partial charge in [-0.15, -0.1) is 0 Å². The molecule has 0 aromatic carbocycles. The summed E-state index contributed by atoms with van der Waals surface area (Å²) in [7, 11) is 0. The molecule has 0 saturated carbocycles. The summed E-state index contributed by atoms with van der Waals surface area (Å²) in [6.45, 7) is 6.66. The summed E-state index contributed by atoms with van der Waals surface area (Å²) < 4.78 is 11.1. The van der Waals surface area contributed by atoms with E-state index in [-0.39, 0.29) is 18.1 Å². The molecule has 0 radical (unpaired) electrons. The van der Waals surface area contributed by atoms with Crippen molar-refractivity contribution < 1.29 is 14.6 Å². The first-order chi connectivity index (χ1) is 8.58. The van der Waals surface area contributed by atoms with Crippen molar-refractivity contribution in [1.29, 1.82) is 0 Å². The second-order valence-electron chi connectivity index (χ2n) is 5.09. The quantitative estimate of drug-likeness (QED) is 0.892. The first-order valence-electron chi connectivity index (χ1n) is 6.49. The molecule has 0 spiro atoms. The zero-order chi connectivity index (χ0) is 13.1. The van der Waals surface area contributed by atoms with E-state index >= 15 is 0 Å². The Bertz CT molecular complexity index is 394. The van der Waals surface area contributed by atoms with Crippen LogP contribution in [0.15, 0.2) is 18.5 Å². The van der Waals surface area contributed by atoms with Crippen molar-refractivity contribution in [3.8, 4) is 5.75 Å². The Hall–Kier alpha value is -1.13. The first-order valence-corrected chi connectivity index (χ1v) is 6.49. The normalized spacial score (nSPS) is 25.4. The van der Waals surface area contributed by atoms with Gasteiger partial charge in [0.2, 0.25) is 0 Å². The lowest BCUT2D eigenvalue weighted by Crippen LogP contribution is -2.20. The lowest BCUT2D eigenvalue weighted by atomic mass is 9.91. The van der Waals surface area contributed by atoms with Crippen molar-refractivity contribution >= 4 is 0 Å². The minimum atomic E-state index is -0.536. The van der Waals surface area contributed by atoms with Crippen LogP contribution in [0.25, 0.3) is 0 Å². The van der Waals surface area contributed by atoms with Crippen molar-refractivity contribution in [3.05, 3.63) is 24.0 Å². The topological polar surface area (TPSA) is 51.6 Å². The first kappa shape index (κ1) is 13.3. The molecule has 3 atom stereocenters. The Morgan fingerprint density at radius 2 is 2.22 bits per heavy atom. The average Bonchev–Trinajstić information content (AvgIpc) is 2.74. The second-order valence-corrected chi connectivity index (χ2v) is 5.09. The SMILES string of the molecule is CC(C)Oc1cncc(C(O)C2CCOC2C)c1. The molecule has 100 valence electrons. The van der Waals surface area contributed by atoms with Gasteiger partial charge in [0.15, 0.2) is 0 Å². The van der Waals surface area contributed by atoms with Crippen LogP contribution in [0.4, 0.5) is 0 Å². The third kappa shape index (κ3) is 3.00. The third-order valence-electron chi connectivity index (χ3n) is 3.29. The fourth-order valence-corrected chi connectivity index (χ4v) is 2.34. The van der Waals surface area contributed by atoms with Crippen molar-refractivity contribution in [2.45, 2.75) is 45.5 Å². The van der Waals surface area contributed by atoms with Crippen LogP contribution >= 0.6 is 0 Å². The Morgan fingerprint density at radius 3 is 2.83 bits per heavy atom. The molecule has 1 aliphatic heterocycles. The molecule has 18 heavy (non-hydrogen) atoms. The molecule has 2 rings (SSSR count). The maximum Gasteiger partial charge on any atom is 0.138 e. The molecular formula is C14H21NO3. The molecule has 1 aromatic heterocycles. The molecule has 4 nitrogen and oxygen atoms in total. The number of nitrogens with zero attached hydrogens (tertiary/aromatic N) is 1. The molecule has 0 aliphatic carbocycles. The third-order valence-corrected chi connectivity index (χ3v) is 3.29. The second kappa shape index (κ2) is 5.67. The van der Waals surface area contributed by atoms with Gasteiger partial charge in [-0.3, -0.25) is 4.98 Å². The highest BCUT2D eigenvalue weighted by atomic mass is 16.5. The van der Waals surface area contributed by atoms with E-state index in [1.807, 2.05) is 26.8 Å². The average molecular weight is 251 g/mol. The summed E-state index contributed by atoms with van der Waals surface area (Å²) >= 11 is 0. The molecule has 3 unspecified atom stereocenters. The van der Waals surface area contributed by atoms with Gasteiger partial charge < -0.3 is 14.6 Å². The van der Waals surface area contributed by atoms with Crippen LogP contribution in [0.5, 0.6) is 5.75 Å². The molecule has 1 saturated heterocycles. The number of hydrogen-bond donors (Lipinski definition) is 1. The Labute approximate surface area is 108 Å². The highest BCUT2D eigenvalue weighted by Crippen LogP contribution is 2.33. The molecule has 1 fully saturated rings. The van der Waals surface area contributed by atoms with Crippen LogP contribution in [0.2, 0.25) is 0 Å². The van der Waals surface area contributed by atoms with Crippen molar-refractivity contribution in [3.63, 3.8) is 0 Å². The number of aromatic nitrogens is 1. The van der Waals surface area contributed by atoms with Crippen LogP contribution in [-0.2, 0) is 4.74 Å².